The van der Waals surface area contributed by atoms with E-state index in [0.29, 0.717) is 0 Å². The Bertz CT molecular complexity index is 1610. The molecule has 0 rings (SSSR count). The van der Waals surface area contributed by atoms with Gasteiger partial charge in [0.25, 0.3) is 0 Å². The number of carbonyl (C=O) groups is 13. The van der Waals surface area contributed by atoms with Gasteiger partial charge >= 0.3 is 71.6 Å². The fraction of sp³-hybridized carbons (Fsp3) is 0.658. The second-order valence-corrected chi connectivity index (χ2v) is 13.1. The first-order valence-corrected chi connectivity index (χ1v) is 19.0. The molecule has 26 heteroatoms. The zero-order valence-corrected chi connectivity index (χ0v) is 36.9. The molecule has 1 N–H and O–H groups in total. The van der Waals surface area contributed by atoms with Gasteiger partial charge in [-0.1, -0.05) is 6.92 Å². The van der Waals surface area contributed by atoms with Gasteiger partial charge in [0.15, 0.2) is 36.6 Å². The van der Waals surface area contributed by atoms with E-state index in [9.17, 15) is 62.3 Å². The second kappa shape index (κ2) is 28.7. The van der Waals surface area contributed by atoms with Crippen LogP contribution in [0.5, 0.6) is 0 Å². The molecule has 0 aliphatic rings. The van der Waals surface area contributed by atoms with E-state index in [-0.39, 0.29) is 6.42 Å². The molecule has 0 aromatic rings. The molecule has 1 amide bonds. The highest BCUT2D eigenvalue weighted by Crippen LogP contribution is 2.23. The molecular formula is C38H53NO25. The average molecular weight is 924 g/mol. The summed E-state index contributed by atoms with van der Waals surface area (Å²) in [5.41, 5.74) is 0. The molecule has 0 aliphatic carbocycles. The van der Waals surface area contributed by atoms with Crippen LogP contribution in [0.4, 0.5) is 0 Å². The van der Waals surface area contributed by atoms with Crippen LogP contribution in [-0.2, 0) is 119 Å². The molecule has 0 bridgehead atoms. The zero-order valence-electron chi connectivity index (χ0n) is 36.9. The highest BCUT2D eigenvalue weighted by atomic mass is 16.7. The van der Waals surface area contributed by atoms with Gasteiger partial charge in [0.2, 0.25) is 18.1 Å². The van der Waals surface area contributed by atoms with Gasteiger partial charge in [0.1, 0.15) is 26.4 Å². The lowest BCUT2D eigenvalue weighted by Crippen LogP contribution is -2.56. The van der Waals surface area contributed by atoms with Crippen molar-refractivity contribution in [1.82, 2.24) is 5.32 Å². The second-order valence-electron chi connectivity index (χ2n) is 13.1. The first kappa shape index (κ1) is 57.1. The molecule has 0 heterocycles. The van der Waals surface area contributed by atoms with E-state index in [1.165, 1.54) is 6.92 Å². The van der Waals surface area contributed by atoms with E-state index in [4.69, 9.17) is 56.8 Å². The first-order chi connectivity index (χ1) is 29.7. The van der Waals surface area contributed by atoms with E-state index in [2.05, 4.69) is 5.32 Å². The summed E-state index contributed by atoms with van der Waals surface area (Å²) < 4.78 is 61.8. The smallest absolute Gasteiger partial charge is 0.351 e. The zero-order chi connectivity index (χ0) is 49.4. The summed E-state index contributed by atoms with van der Waals surface area (Å²) in [7, 11) is 0. The van der Waals surface area contributed by atoms with Crippen molar-refractivity contribution in [2.45, 2.75) is 137 Å². The lowest BCUT2D eigenvalue weighted by molar-refractivity contribution is -0.209. The van der Waals surface area contributed by atoms with Crippen LogP contribution in [0.2, 0.25) is 0 Å². The van der Waals surface area contributed by atoms with Crippen molar-refractivity contribution in [2.75, 3.05) is 26.4 Å². The van der Waals surface area contributed by atoms with Crippen molar-refractivity contribution in [3.8, 4) is 0 Å². The molecule has 360 valence electrons. The van der Waals surface area contributed by atoms with Crippen molar-refractivity contribution in [1.29, 1.82) is 0 Å². The van der Waals surface area contributed by atoms with Gasteiger partial charge in [0.05, 0.1) is 6.04 Å². The lowest BCUT2D eigenvalue weighted by Gasteiger charge is -2.34. The summed E-state index contributed by atoms with van der Waals surface area (Å²) in [6.45, 7) is 6.61. The molecule has 0 aromatic heterocycles. The minimum absolute atomic E-state index is 0.207. The summed E-state index contributed by atoms with van der Waals surface area (Å²) in [4.78, 5) is 161. The quantitative estimate of drug-likeness (QED) is 0.0766. The standard InChI is InChI=1S/C38H53NO25/c1-12-30(50)39-27(13-55-37(51)35(63-25(10)48)33(61-23(8)46)31(59-21(6)44)28(57-19(4)42)15-53-17(2)40)14-56-38(52)36(64-26(11)49)34(62-24(9)47)32(60-22(7)45)29(58-20(5)43)16-54-18(3)41/h27-29,31-36H,12-16H2,1-11H3,(H,39,50)/t28-,29-,31-,32-,33+,34+,35-,36-/m1/s1. The Kier molecular flexibility index (Phi) is 25.6. The number of ether oxygens (including phenoxy) is 12. The van der Waals surface area contributed by atoms with Gasteiger partial charge in [-0.2, -0.15) is 0 Å². The van der Waals surface area contributed by atoms with Gasteiger partial charge in [0, 0.05) is 75.7 Å². The number of amides is 1. The van der Waals surface area contributed by atoms with Crippen LogP contribution in [0.15, 0.2) is 0 Å². The summed E-state index contributed by atoms with van der Waals surface area (Å²) in [5, 5.41) is 2.36. The van der Waals surface area contributed by atoms with E-state index in [1.807, 2.05) is 0 Å². The minimum Gasteiger partial charge on any atom is -0.462 e. The van der Waals surface area contributed by atoms with Crippen LogP contribution < -0.4 is 5.32 Å². The number of hydrogen-bond acceptors (Lipinski definition) is 25. The Morgan fingerprint density at radius 1 is 0.344 bits per heavy atom. The molecular weight excluding hydrogens is 870 g/mol. The van der Waals surface area contributed by atoms with Crippen molar-refractivity contribution in [2.24, 2.45) is 0 Å². The maximum absolute atomic E-state index is 13.8. The van der Waals surface area contributed by atoms with Gasteiger partial charge in [-0.15, -0.1) is 0 Å². The molecule has 0 spiro atoms. The van der Waals surface area contributed by atoms with Gasteiger partial charge < -0.3 is 62.2 Å². The Hall–Kier alpha value is -6.89. The van der Waals surface area contributed by atoms with Crippen LogP contribution in [0.3, 0.4) is 0 Å². The predicted octanol–water partition coefficient (Wildman–Crippen LogP) is -1.45. The van der Waals surface area contributed by atoms with Gasteiger partial charge in [-0.05, 0) is 0 Å². The van der Waals surface area contributed by atoms with Crippen LogP contribution in [0, 0.1) is 0 Å². The first-order valence-electron chi connectivity index (χ1n) is 19.0. The third kappa shape index (κ3) is 23.4. The third-order valence-corrected chi connectivity index (χ3v) is 7.31. The normalized spacial score (nSPS) is 14.3. The van der Waals surface area contributed by atoms with E-state index >= 15 is 0 Å². The highest BCUT2D eigenvalue weighted by Gasteiger charge is 2.49. The van der Waals surface area contributed by atoms with E-state index in [1.54, 1.807) is 0 Å². The lowest BCUT2D eigenvalue weighted by atomic mass is 10.0. The molecule has 0 saturated carbocycles. The fourth-order valence-electron chi connectivity index (χ4n) is 5.14. The molecule has 64 heavy (non-hydrogen) atoms. The summed E-state index contributed by atoms with van der Waals surface area (Å²) in [6.07, 6.45) is -17.0. The number of esters is 12. The van der Waals surface area contributed by atoms with E-state index in [0.717, 1.165) is 69.2 Å². The number of hydrogen-bond donors (Lipinski definition) is 1. The van der Waals surface area contributed by atoms with Crippen LogP contribution in [0.25, 0.3) is 0 Å². The minimum atomic E-state index is -2.36. The van der Waals surface area contributed by atoms with E-state index < -0.39 is 159 Å². The van der Waals surface area contributed by atoms with Crippen molar-refractivity contribution in [3.05, 3.63) is 0 Å². The molecule has 26 nitrogen and oxygen atoms in total. The monoisotopic (exact) mass is 923 g/mol. The average Bonchev–Trinajstić information content (AvgIpc) is 3.15. The van der Waals surface area contributed by atoms with Crippen molar-refractivity contribution >= 4 is 77.5 Å². The SMILES string of the molecule is CCC(=O)NC(COC(=O)[C@H](OC(C)=O)[C@@H](OC(C)=O)[C@H](OC(C)=O)[C@@H](COC(C)=O)OC(C)=O)COC(=O)[C@H](OC(C)=O)[C@@H](OC(C)=O)[C@H](OC(C)=O)[C@@H](COC(C)=O)OC(C)=O. The topological polar surface area (TPSA) is 345 Å². The fourth-order valence-corrected chi connectivity index (χ4v) is 5.14. The molecule has 0 aromatic carbocycles. The van der Waals surface area contributed by atoms with Crippen LogP contribution >= 0.6 is 0 Å². The van der Waals surface area contributed by atoms with Crippen molar-refractivity contribution in [3.63, 3.8) is 0 Å². The Labute approximate surface area is 365 Å². The van der Waals surface area contributed by atoms with Gasteiger partial charge in [-0.25, -0.2) is 9.59 Å². The Balaban J connectivity index is 7.15. The predicted molar refractivity (Wildman–Crippen MR) is 202 cm³/mol. The maximum atomic E-state index is 13.8. The van der Waals surface area contributed by atoms with Crippen molar-refractivity contribution < 1.29 is 119 Å². The molecule has 0 aliphatic heterocycles. The molecule has 0 unspecified atom stereocenters. The molecule has 8 atom stereocenters. The summed E-state index contributed by atoms with van der Waals surface area (Å²) >= 11 is 0. The van der Waals surface area contributed by atoms with Crippen LogP contribution in [-0.4, -0.2) is 159 Å². The largest absolute Gasteiger partial charge is 0.462 e. The molecule has 0 radical (unpaired) electrons. The Morgan fingerprint density at radius 2 is 0.625 bits per heavy atom. The van der Waals surface area contributed by atoms with Crippen LogP contribution in [0.1, 0.15) is 82.6 Å². The number of rotatable bonds is 26. The number of nitrogens with one attached hydrogen (secondary N) is 1. The van der Waals surface area contributed by atoms with Gasteiger partial charge in [-0.3, -0.25) is 52.7 Å². The highest BCUT2D eigenvalue weighted by molar-refractivity contribution is 5.82. The third-order valence-electron chi connectivity index (χ3n) is 7.31. The molecule has 0 saturated heterocycles. The summed E-state index contributed by atoms with van der Waals surface area (Å²) in [6, 6.07) is -1.54. The molecule has 0 fully saturated rings. The number of carbonyl (C=O) groups excluding carboxylic acids is 13. The Morgan fingerprint density at radius 3 is 0.875 bits per heavy atom. The maximum Gasteiger partial charge on any atom is 0.351 e. The summed E-state index contributed by atoms with van der Waals surface area (Å²) in [5.74, 6) is -14.7.